The number of benzene rings is 1. The van der Waals surface area contributed by atoms with E-state index in [1.807, 2.05) is 6.07 Å². The van der Waals surface area contributed by atoms with Crippen LogP contribution in [0, 0.1) is 17.1 Å². The summed E-state index contributed by atoms with van der Waals surface area (Å²) in [7, 11) is 0. The number of nitriles is 1. The summed E-state index contributed by atoms with van der Waals surface area (Å²) in [5.41, 5.74) is -0.790. The number of ketones is 1. The molecule has 0 saturated carbocycles. The Labute approximate surface area is 130 Å². The summed E-state index contributed by atoms with van der Waals surface area (Å²) in [6.45, 7) is -0.0495. The molecule has 0 atom stereocenters. The monoisotopic (exact) mass is 313 g/mol. The van der Waals surface area contributed by atoms with E-state index in [2.05, 4.69) is 0 Å². The van der Waals surface area contributed by atoms with Crippen LogP contribution in [0.15, 0.2) is 33.9 Å². The van der Waals surface area contributed by atoms with E-state index in [0.717, 1.165) is 16.7 Å². The highest BCUT2D eigenvalue weighted by atomic mass is 19.1. The maximum absolute atomic E-state index is 12.9. The lowest BCUT2D eigenvalue weighted by molar-refractivity contribution is 0.0968. The molecule has 116 valence electrons. The molecule has 0 radical (unpaired) electrons. The van der Waals surface area contributed by atoms with Gasteiger partial charge in [0.2, 0.25) is 0 Å². The molecule has 1 aromatic carbocycles. The molecular weight excluding hydrogens is 301 g/mol. The summed E-state index contributed by atoms with van der Waals surface area (Å²) in [6, 6.07) is 6.67. The van der Waals surface area contributed by atoms with Crippen molar-refractivity contribution in [2.24, 2.45) is 0 Å². The third kappa shape index (κ3) is 2.48. The first-order valence-electron chi connectivity index (χ1n) is 7.08. The highest BCUT2D eigenvalue weighted by Crippen LogP contribution is 2.13. The Balaban J connectivity index is 2.06. The highest BCUT2D eigenvalue weighted by Gasteiger charge is 2.23. The molecule has 3 rings (SSSR count). The second kappa shape index (κ2) is 5.65. The van der Waals surface area contributed by atoms with E-state index in [0.29, 0.717) is 25.1 Å². The van der Waals surface area contributed by atoms with Crippen molar-refractivity contribution in [3.8, 4) is 6.07 Å². The SMILES string of the molecule is N#Cc1c2n(c(=O)n(CC(=O)c3ccc(F)cc3)c1=O)CCC2. The van der Waals surface area contributed by atoms with Crippen molar-refractivity contribution in [2.45, 2.75) is 25.9 Å². The summed E-state index contributed by atoms with van der Waals surface area (Å²) in [4.78, 5) is 36.9. The molecule has 2 aromatic rings. The van der Waals surface area contributed by atoms with Crippen LogP contribution in [0.25, 0.3) is 0 Å². The van der Waals surface area contributed by atoms with Gasteiger partial charge >= 0.3 is 5.69 Å². The molecule has 0 amide bonds. The van der Waals surface area contributed by atoms with Crippen LogP contribution in [0.3, 0.4) is 0 Å². The molecule has 1 aliphatic heterocycles. The molecule has 7 heteroatoms. The Morgan fingerprint density at radius 1 is 1.26 bits per heavy atom. The minimum absolute atomic E-state index is 0.0889. The van der Waals surface area contributed by atoms with E-state index in [1.54, 1.807) is 0 Å². The first-order chi connectivity index (χ1) is 11.0. The zero-order chi connectivity index (χ0) is 16.6. The number of rotatable bonds is 3. The average molecular weight is 313 g/mol. The summed E-state index contributed by atoms with van der Waals surface area (Å²) in [5.74, 6) is -0.977. The molecule has 1 aliphatic rings. The molecular formula is C16H12FN3O3. The van der Waals surface area contributed by atoms with E-state index >= 15 is 0 Å². The lowest BCUT2D eigenvalue weighted by Crippen LogP contribution is -2.43. The first kappa shape index (κ1) is 14.9. The minimum Gasteiger partial charge on any atom is -0.296 e. The van der Waals surface area contributed by atoms with Gasteiger partial charge in [0.05, 0.1) is 6.54 Å². The van der Waals surface area contributed by atoms with Gasteiger partial charge in [-0.05, 0) is 37.1 Å². The number of hydrogen-bond acceptors (Lipinski definition) is 4. The number of aromatic nitrogens is 2. The fraction of sp³-hybridized carbons (Fsp3) is 0.250. The zero-order valence-corrected chi connectivity index (χ0v) is 12.1. The molecule has 0 saturated heterocycles. The number of Topliss-reactive ketones (excluding diaryl/α,β-unsaturated/α-hetero) is 1. The van der Waals surface area contributed by atoms with Crippen LogP contribution < -0.4 is 11.2 Å². The van der Waals surface area contributed by atoms with Gasteiger partial charge in [-0.3, -0.25) is 18.7 Å². The Bertz CT molecular complexity index is 949. The van der Waals surface area contributed by atoms with Crippen molar-refractivity contribution in [1.82, 2.24) is 9.13 Å². The van der Waals surface area contributed by atoms with E-state index in [1.165, 1.54) is 16.7 Å². The summed E-state index contributed by atoms with van der Waals surface area (Å²) in [5, 5.41) is 9.17. The Kier molecular flexibility index (Phi) is 3.66. The maximum Gasteiger partial charge on any atom is 0.331 e. The van der Waals surface area contributed by atoms with Crippen LogP contribution in [-0.2, 0) is 19.5 Å². The van der Waals surface area contributed by atoms with Crippen molar-refractivity contribution < 1.29 is 9.18 Å². The van der Waals surface area contributed by atoms with Gasteiger partial charge in [-0.15, -0.1) is 0 Å². The second-order valence-corrected chi connectivity index (χ2v) is 5.29. The number of hydrogen-bond donors (Lipinski definition) is 0. The summed E-state index contributed by atoms with van der Waals surface area (Å²) >= 11 is 0. The largest absolute Gasteiger partial charge is 0.331 e. The average Bonchev–Trinajstić information content (AvgIpc) is 3.02. The molecule has 0 unspecified atom stereocenters. The Morgan fingerprint density at radius 2 is 1.96 bits per heavy atom. The van der Waals surface area contributed by atoms with Gasteiger partial charge in [-0.2, -0.15) is 5.26 Å². The van der Waals surface area contributed by atoms with E-state index in [-0.39, 0.29) is 11.1 Å². The van der Waals surface area contributed by atoms with Gasteiger partial charge in [0.15, 0.2) is 5.78 Å². The quantitative estimate of drug-likeness (QED) is 0.786. The van der Waals surface area contributed by atoms with Gasteiger partial charge in [-0.25, -0.2) is 9.18 Å². The Hall–Kier alpha value is -3.01. The van der Waals surface area contributed by atoms with Crippen molar-refractivity contribution in [3.05, 3.63) is 67.7 Å². The van der Waals surface area contributed by atoms with Gasteiger partial charge in [0.25, 0.3) is 5.56 Å². The van der Waals surface area contributed by atoms with Crippen molar-refractivity contribution >= 4 is 5.78 Å². The van der Waals surface area contributed by atoms with Gasteiger partial charge in [0, 0.05) is 17.8 Å². The first-order valence-corrected chi connectivity index (χ1v) is 7.08. The van der Waals surface area contributed by atoms with Gasteiger partial charge in [-0.1, -0.05) is 0 Å². The normalized spacial score (nSPS) is 12.7. The van der Waals surface area contributed by atoms with Crippen LogP contribution in [0.1, 0.15) is 28.0 Å². The van der Waals surface area contributed by atoms with Crippen molar-refractivity contribution in [3.63, 3.8) is 0 Å². The third-order valence-electron chi connectivity index (χ3n) is 3.91. The number of halogens is 1. The predicted octanol–water partition coefficient (Wildman–Crippen LogP) is 0.850. The van der Waals surface area contributed by atoms with Crippen LogP contribution in [0.2, 0.25) is 0 Å². The molecule has 1 aromatic heterocycles. The lowest BCUT2D eigenvalue weighted by Gasteiger charge is -2.10. The van der Waals surface area contributed by atoms with Crippen LogP contribution >= 0.6 is 0 Å². The Morgan fingerprint density at radius 3 is 2.61 bits per heavy atom. The smallest absolute Gasteiger partial charge is 0.296 e. The summed E-state index contributed by atoms with van der Waals surface area (Å²) < 4.78 is 15.0. The number of fused-ring (bicyclic) bond motifs is 1. The van der Waals surface area contributed by atoms with Gasteiger partial charge < -0.3 is 0 Å². The third-order valence-corrected chi connectivity index (χ3v) is 3.91. The van der Waals surface area contributed by atoms with Gasteiger partial charge in [0.1, 0.15) is 17.4 Å². The second-order valence-electron chi connectivity index (χ2n) is 5.29. The van der Waals surface area contributed by atoms with E-state index in [4.69, 9.17) is 0 Å². The molecule has 2 heterocycles. The molecule has 0 aliphatic carbocycles. The topological polar surface area (TPSA) is 84.9 Å². The molecule has 6 nitrogen and oxygen atoms in total. The molecule has 0 bridgehead atoms. The standard InChI is InChI=1S/C16H12FN3O3/c17-11-5-3-10(4-6-11)14(21)9-20-15(22)12(8-18)13-2-1-7-19(13)16(20)23/h3-6H,1-2,7,9H2. The zero-order valence-electron chi connectivity index (χ0n) is 12.1. The maximum atomic E-state index is 12.9. The minimum atomic E-state index is -0.749. The van der Waals surface area contributed by atoms with Crippen molar-refractivity contribution in [2.75, 3.05) is 0 Å². The number of carbonyl (C=O) groups excluding carboxylic acids is 1. The molecule has 0 fully saturated rings. The highest BCUT2D eigenvalue weighted by molar-refractivity contribution is 5.95. The van der Waals surface area contributed by atoms with Crippen LogP contribution in [0.5, 0.6) is 0 Å². The summed E-state index contributed by atoms with van der Waals surface area (Å²) in [6.07, 6.45) is 1.18. The van der Waals surface area contributed by atoms with Crippen molar-refractivity contribution in [1.29, 1.82) is 5.26 Å². The van der Waals surface area contributed by atoms with E-state index in [9.17, 15) is 24.0 Å². The fourth-order valence-corrected chi connectivity index (χ4v) is 2.76. The number of nitrogens with zero attached hydrogens (tertiary/aromatic N) is 3. The van der Waals surface area contributed by atoms with Crippen LogP contribution in [-0.4, -0.2) is 14.9 Å². The van der Waals surface area contributed by atoms with Crippen LogP contribution in [0.4, 0.5) is 4.39 Å². The van der Waals surface area contributed by atoms with E-state index < -0.39 is 29.4 Å². The lowest BCUT2D eigenvalue weighted by atomic mass is 10.1. The fourth-order valence-electron chi connectivity index (χ4n) is 2.76. The molecule has 23 heavy (non-hydrogen) atoms. The number of carbonyl (C=O) groups is 1. The molecule has 0 spiro atoms. The molecule has 0 N–H and O–H groups in total. The predicted molar refractivity (Wildman–Crippen MR) is 78.7 cm³/mol.